The van der Waals surface area contributed by atoms with Gasteiger partial charge in [-0.3, -0.25) is 4.79 Å². The fourth-order valence-electron chi connectivity index (χ4n) is 1.68. The molecule has 2 aromatic rings. The monoisotopic (exact) mass is 287 g/mol. The van der Waals surface area contributed by atoms with Gasteiger partial charge in [-0.1, -0.05) is 30.3 Å². The summed E-state index contributed by atoms with van der Waals surface area (Å²) in [5.41, 5.74) is 1.06. The zero-order valence-electron chi connectivity index (χ0n) is 11.5. The number of anilines is 1. The lowest BCUT2D eigenvalue weighted by Crippen LogP contribution is -2.08. The lowest BCUT2D eigenvalue weighted by atomic mass is 10.2. The number of benzene rings is 1. The van der Waals surface area contributed by atoms with E-state index in [1.807, 2.05) is 30.3 Å². The van der Waals surface area contributed by atoms with Gasteiger partial charge in [0.25, 0.3) is 0 Å². The number of nitrogens with one attached hydrogen (secondary N) is 1. The molecule has 0 aliphatic rings. The number of hydrogen-bond donors (Lipinski definition) is 2. The van der Waals surface area contributed by atoms with Gasteiger partial charge in [0.15, 0.2) is 0 Å². The number of carboxylic acids is 1. The molecule has 0 aliphatic heterocycles. The van der Waals surface area contributed by atoms with Crippen LogP contribution < -0.4 is 10.1 Å². The molecule has 0 aliphatic carbocycles. The summed E-state index contributed by atoms with van der Waals surface area (Å²) >= 11 is 0. The van der Waals surface area contributed by atoms with Crippen molar-refractivity contribution in [1.82, 2.24) is 9.97 Å². The van der Waals surface area contributed by atoms with Crippen LogP contribution in [0.25, 0.3) is 0 Å². The van der Waals surface area contributed by atoms with Crippen molar-refractivity contribution < 1.29 is 14.6 Å². The van der Waals surface area contributed by atoms with Gasteiger partial charge in [-0.2, -0.15) is 4.98 Å². The highest BCUT2D eigenvalue weighted by Gasteiger charge is 2.01. The Labute approximate surface area is 122 Å². The first-order valence-corrected chi connectivity index (χ1v) is 6.69. The molecule has 0 saturated heterocycles. The molecule has 1 aromatic heterocycles. The molecular formula is C15H17N3O3. The molecule has 0 spiro atoms. The molecular weight excluding hydrogens is 270 g/mol. The van der Waals surface area contributed by atoms with Gasteiger partial charge in [0.05, 0.1) is 0 Å². The highest BCUT2D eigenvalue weighted by Crippen LogP contribution is 2.11. The fourth-order valence-corrected chi connectivity index (χ4v) is 1.68. The molecule has 1 heterocycles. The summed E-state index contributed by atoms with van der Waals surface area (Å²) in [5.74, 6) is 0.109. The SMILES string of the molecule is O=C(O)CCCNc1nccc(OCc2ccccc2)n1. The summed E-state index contributed by atoms with van der Waals surface area (Å²) in [4.78, 5) is 18.7. The molecule has 110 valence electrons. The number of rotatable bonds is 8. The van der Waals surface area contributed by atoms with E-state index in [1.54, 1.807) is 12.3 Å². The molecule has 0 atom stereocenters. The number of carboxylic acid groups (broad SMARTS) is 1. The zero-order chi connectivity index (χ0) is 14.9. The quantitative estimate of drug-likeness (QED) is 0.725. The molecule has 1 aromatic carbocycles. The predicted octanol–water partition coefficient (Wildman–Crippen LogP) is 2.33. The maximum atomic E-state index is 10.4. The van der Waals surface area contributed by atoms with E-state index in [2.05, 4.69) is 15.3 Å². The van der Waals surface area contributed by atoms with E-state index in [1.165, 1.54) is 0 Å². The molecule has 0 bridgehead atoms. The van der Waals surface area contributed by atoms with E-state index < -0.39 is 5.97 Å². The topological polar surface area (TPSA) is 84.3 Å². The van der Waals surface area contributed by atoms with Gasteiger partial charge in [0.2, 0.25) is 11.8 Å². The zero-order valence-corrected chi connectivity index (χ0v) is 11.5. The van der Waals surface area contributed by atoms with E-state index in [0.717, 1.165) is 5.56 Å². The standard InChI is InChI=1S/C15H17N3O3/c19-14(20)7-4-9-16-15-17-10-8-13(18-15)21-11-12-5-2-1-3-6-12/h1-3,5-6,8,10H,4,7,9,11H2,(H,19,20)(H,16,17,18). The molecule has 2 N–H and O–H groups in total. The molecule has 6 heteroatoms. The minimum Gasteiger partial charge on any atom is -0.481 e. The van der Waals surface area contributed by atoms with Gasteiger partial charge in [0.1, 0.15) is 6.61 Å². The lowest BCUT2D eigenvalue weighted by molar-refractivity contribution is -0.137. The van der Waals surface area contributed by atoms with Crippen LogP contribution in [-0.2, 0) is 11.4 Å². The predicted molar refractivity (Wildman–Crippen MR) is 78.2 cm³/mol. The Kier molecular flexibility index (Phi) is 5.51. The smallest absolute Gasteiger partial charge is 0.303 e. The summed E-state index contributed by atoms with van der Waals surface area (Å²) in [6, 6.07) is 11.5. The molecule has 0 unspecified atom stereocenters. The van der Waals surface area contributed by atoms with Gasteiger partial charge in [-0.05, 0) is 12.0 Å². The minimum atomic E-state index is -0.808. The second-order valence-corrected chi connectivity index (χ2v) is 4.42. The van der Waals surface area contributed by atoms with Crippen LogP contribution in [0.5, 0.6) is 5.88 Å². The largest absolute Gasteiger partial charge is 0.481 e. The van der Waals surface area contributed by atoms with Crippen LogP contribution in [0.4, 0.5) is 5.95 Å². The van der Waals surface area contributed by atoms with Crippen molar-refractivity contribution in [3.63, 3.8) is 0 Å². The number of carbonyl (C=O) groups is 1. The summed E-state index contributed by atoms with van der Waals surface area (Å²) < 4.78 is 5.59. The average Bonchev–Trinajstić information content (AvgIpc) is 2.51. The summed E-state index contributed by atoms with van der Waals surface area (Å²) in [5, 5.41) is 11.5. The third kappa shape index (κ3) is 5.48. The van der Waals surface area contributed by atoms with Crippen molar-refractivity contribution >= 4 is 11.9 Å². The molecule has 0 saturated carbocycles. The number of hydrogen-bond acceptors (Lipinski definition) is 5. The van der Waals surface area contributed by atoms with E-state index >= 15 is 0 Å². The summed E-state index contributed by atoms with van der Waals surface area (Å²) in [6.07, 6.45) is 2.25. The average molecular weight is 287 g/mol. The molecule has 21 heavy (non-hydrogen) atoms. The van der Waals surface area contributed by atoms with Crippen LogP contribution in [0.15, 0.2) is 42.6 Å². The van der Waals surface area contributed by atoms with Crippen molar-refractivity contribution in [2.75, 3.05) is 11.9 Å². The Morgan fingerprint density at radius 1 is 1.24 bits per heavy atom. The fraction of sp³-hybridized carbons (Fsp3) is 0.267. The Morgan fingerprint density at radius 3 is 2.81 bits per heavy atom. The van der Waals surface area contributed by atoms with Crippen molar-refractivity contribution in [3.05, 3.63) is 48.2 Å². The van der Waals surface area contributed by atoms with Gasteiger partial charge in [-0.15, -0.1) is 0 Å². The second-order valence-electron chi connectivity index (χ2n) is 4.42. The molecule has 6 nitrogen and oxygen atoms in total. The van der Waals surface area contributed by atoms with Crippen LogP contribution in [-0.4, -0.2) is 27.6 Å². The van der Waals surface area contributed by atoms with Crippen LogP contribution in [0, 0.1) is 0 Å². The van der Waals surface area contributed by atoms with E-state index in [4.69, 9.17) is 9.84 Å². The summed E-state index contributed by atoms with van der Waals surface area (Å²) in [6.45, 7) is 0.949. The molecule has 2 rings (SSSR count). The van der Waals surface area contributed by atoms with Crippen LogP contribution in [0.2, 0.25) is 0 Å². The van der Waals surface area contributed by atoms with Crippen LogP contribution >= 0.6 is 0 Å². The van der Waals surface area contributed by atoms with Gasteiger partial charge < -0.3 is 15.2 Å². The number of nitrogens with zero attached hydrogens (tertiary/aromatic N) is 2. The minimum absolute atomic E-state index is 0.122. The third-order valence-electron chi connectivity index (χ3n) is 2.71. The third-order valence-corrected chi connectivity index (χ3v) is 2.71. The Morgan fingerprint density at radius 2 is 2.05 bits per heavy atom. The van der Waals surface area contributed by atoms with Crippen LogP contribution in [0.1, 0.15) is 18.4 Å². The highest BCUT2D eigenvalue weighted by atomic mass is 16.5. The Bertz CT molecular complexity index is 575. The van der Waals surface area contributed by atoms with E-state index in [9.17, 15) is 4.79 Å². The first-order chi connectivity index (χ1) is 10.2. The summed E-state index contributed by atoms with van der Waals surface area (Å²) in [7, 11) is 0. The number of aromatic nitrogens is 2. The van der Waals surface area contributed by atoms with E-state index in [-0.39, 0.29) is 6.42 Å². The Balaban J connectivity index is 1.81. The highest BCUT2D eigenvalue weighted by molar-refractivity contribution is 5.66. The second kappa shape index (κ2) is 7.84. The van der Waals surface area contributed by atoms with Gasteiger partial charge >= 0.3 is 5.97 Å². The normalized spacial score (nSPS) is 10.1. The number of ether oxygens (including phenoxy) is 1. The molecule has 0 fully saturated rings. The molecule has 0 radical (unpaired) electrons. The van der Waals surface area contributed by atoms with Gasteiger partial charge in [0, 0.05) is 25.2 Å². The van der Waals surface area contributed by atoms with Gasteiger partial charge in [-0.25, -0.2) is 4.98 Å². The first-order valence-electron chi connectivity index (χ1n) is 6.69. The number of aliphatic carboxylic acids is 1. The molecule has 0 amide bonds. The maximum absolute atomic E-state index is 10.4. The maximum Gasteiger partial charge on any atom is 0.303 e. The first kappa shape index (κ1) is 14.8. The van der Waals surface area contributed by atoms with Crippen molar-refractivity contribution in [1.29, 1.82) is 0 Å². The van der Waals surface area contributed by atoms with Crippen molar-refractivity contribution in [2.45, 2.75) is 19.4 Å². The van der Waals surface area contributed by atoms with Crippen LogP contribution in [0.3, 0.4) is 0 Å². The van der Waals surface area contributed by atoms with Crippen molar-refractivity contribution in [3.8, 4) is 5.88 Å². The Hall–Kier alpha value is -2.63. The lowest BCUT2D eigenvalue weighted by Gasteiger charge is -2.07. The van der Waals surface area contributed by atoms with Crippen molar-refractivity contribution in [2.24, 2.45) is 0 Å². The van der Waals surface area contributed by atoms with E-state index in [0.29, 0.717) is 31.4 Å².